The molecule has 20 heavy (non-hydrogen) atoms. The molecule has 5 nitrogen and oxygen atoms in total. The maximum absolute atomic E-state index is 5.44. The van der Waals surface area contributed by atoms with Crippen molar-refractivity contribution >= 4 is 11.0 Å². The van der Waals surface area contributed by atoms with Gasteiger partial charge in [0.25, 0.3) is 0 Å². The van der Waals surface area contributed by atoms with Gasteiger partial charge in [-0.2, -0.15) is 0 Å². The Morgan fingerprint density at radius 3 is 3.00 bits per heavy atom. The molecular weight excluding hydrogens is 252 g/mol. The van der Waals surface area contributed by atoms with E-state index in [1.807, 2.05) is 35.9 Å². The smallest absolute Gasteiger partial charge is 0.202 e. The summed E-state index contributed by atoms with van der Waals surface area (Å²) in [4.78, 5) is 4.61. The zero-order chi connectivity index (χ0) is 13.5. The second-order valence-electron chi connectivity index (χ2n) is 5.32. The van der Waals surface area contributed by atoms with Crippen molar-refractivity contribution in [3.05, 3.63) is 36.0 Å². The van der Waals surface area contributed by atoms with Crippen LogP contribution in [-0.2, 0) is 13.6 Å². The van der Waals surface area contributed by atoms with Crippen molar-refractivity contribution in [2.24, 2.45) is 7.05 Å². The highest BCUT2D eigenvalue weighted by atomic mass is 16.5. The van der Waals surface area contributed by atoms with Gasteiger partial charge in [0, 0.05) is 25.7 Å². The topological polar surface area (TPSA) is 55.9 Å². The van der Waals surface area contributed by atoms with E-state index in [1.165, 1.54) is 12.8 Å². The molecule has 0 bridgehead atoms. The lowest BCUT2D eigenvalue weighted by Gasteiger charge is -1.97. The first-order chi connectivity index (χ1) is 9.81. The third-order valence-electron chi connectivity index (χ3n) is 3.72. The zero-order valence-corrected chi connectivity index (χ0v) is 11.3. The highest BCUT2D eigenvalue weighted by Crippen LogP contribution is 2.24. The molecule has 102 valence electrons. The molecule has 2 aromatic heterocycles. The average Bonchev–Trinajstić information content (AvgIpc) is 3.09. The predicted molar refractivity (Wildman–Crippen MR) is 76.1 cm³/mol. The van der Waals surface area contributed by atoms with Crippen LogP contribution < -0.4 is 5.32 Å². The molecule has 1 aliphatic carbocycles. The van der Waals surface area contributed by atoms with E-state index in [1.54, 1.807) is 0 Å². The minimum atomic E-state index is 0.672. The minimum absolute atomic E-state index is 0.672. The number of para-hydroxylation sites is 2. The van der Waals surface area contributed by atoms with E-state index in [0.717, 1.165) is 34.9 Å². The number of hydrogen-bond acceptors (Lipinski definition) is 4. The molecule has 0 spiro atoms. The lowest BCUT2D eigenvalue weighted by atomic mass is 10.3. The van der Waals surface area contributed by atoms with Crippen LogP contribution in [0.25, 0.3) is 22.6 Å². The maximum atomic E-state index is 5.44. The second kappa shape index (κ2) is 4.45. The van der Waals surface area contributed by atoms with Crippen LogP contribution in [-0.4, -0.2) is 20.7 Å². The quantitative estimate of drug-likeness (QED) is 0.789. The van der Waals surface area contributed by atoms with Crippen molar-refractivity contribution in [3.8, 4) is 11.6 Å². The first kappa shape index (κ1) is 11.7. The monoisotopic (exact) mass is 268 g/mol. The fourth-order valence-electron chi connectivity index (χ4n) is 2.40. The van der Waals surface area contributed by atoms with Crippen LogP contribution in [0.15, 0.2) is 34.9 Å². The van der Waals surface area contributed by atoms with Gasteiger partial charge in [-0.3, -0.25) is 0 Å². The van der Waals surface area contributed by atoms with Gasteiger partial charge in [-0.1, -0.05) is 17.3 Å². The van der Waals surface area contributed by atoms with Crippen LogP contribution in [0, 0.1) is 0 Å². The van der Waals surface area contributed by atoms with E-state index >= 15 is 0 Å². The van der Waals surface area contributed by atoms with Crippen molar-refractivity contribution in [1.29, 1.82) is 0 Å². The van der Waals surface area contributed by atoms with E-state index in [2.05, 4.69) is 21.5 Å². The summed E-state index contributed by atoms with van der Waals surface area (Å²) in [5.74, 6) is 1.53. The molecule has 1 aromatic carbocycles. The van der Waals surface area contributed by atoms with Crippen LogP contribution in [0.1, 0.15) is 18.5 Å². The fourth-order valence-corrected chi connectivity index (χ4v) is 2.40. The molecule has 0 amide bonds. The summed E-state index contributed by atoms with van der Waals surface area (Å²) >= 11 is 0. The van der Waals surface area contributed by atoms with Crippen LogP contribution in [0.2, 0.25) is 0 Å². The van der Waals surface area contributed by atoms with Gasteiger partial charge < -0.3 is 14.4 Å². The predicted octanol–water partition coefficient (Wildman–Crippen LogP) is 2.48. The first-order valence-electron chi connectivity index (χ1n) is 6.92. The van der Waals surface area contributed by atoms with Crippen LogP contribution in [0.5, 0.6) is 0 Å². The highest BCUT2D eigenvalue weighted by Gasteiger charge is 2.21. The van der Waals surface area contributed by atoms with Gasteiger partial charge >= 0.3 is 0 Å². The lowest BCUT2D eigenvalue weighted by Crippen LogP contribution is -2.15. The van der Waals surface area contributed by atoms with Gasteiger partial charge in [0.05, 0.1) is 16.7 Å². The molecule has 0 aliphatic heterocycles. The molecule has 5 heteroatoms. The Kier molecular flexibility index (Phi) is 2.60. The summed E-state index contributed by atoms with van der Waals surface area (Å²) in [6, 6.07) is 10.7. The van der Waals surface area contributed by atoms with Gasteiger partial charge in [-0.15, -0.1) is 0 Å². The summed E-state index contributed by atoms with van der Waals surface area (Å²) in [7, 11) is 2.00. The Labute approximate surface area is 116 Å². The number of nitrogens with one attached hydrogen (secondary N) is 1. The van der Waals surface area contributed by atoms with Gasteiger partial charge in [-0.05, 0) is 25.0 Å². The number of nitrogens with zero attached hydrogens (tertiary/aromatic N) is 3. The Hall–Kier alpha value is -2.14. The van der Waals surface area contributed by atoms with Crippen molar-refractivity contribution < 1.29 is 4.52 Å². The molecule has 0 radical (unpaired) electrons. The molecule has 1 N–H and O–H groups in total. The maximum Gasteiger partial charge on any atom is 0.202 e. The number of aryl methyl sites for hydroxylation is 1. The third kappa shape index (κ3) is 2.00. The average molecular weight is 268 g/mol. The molecule has 2 heterocycles. The van der Waals surface area contributed by atoms with E-state index in [9.17, 15) is 0 Å². The Balaban J connectivity index is 1.66. The summed E-state index contributed by atoms with van der Waals surface area (Å²) in [6.45, 7) is 0.762. The number of benzene rings is 1. The molecule has 4 rings (SSSR count). The number of aromatic nitrogens is 3. The van der Waals surface area contributed by atoms with Gasteiger partial charge in [0.15, 0.2) is 5.82 Å². The zero-order valence-electron chi connectivity index (χ0n) is 11.3. The largest absolute Gasteiger partial charge is 0.353 e. The SMILES string of the molecule is Cn1c(-c2cc(CNC3CC3)no2)nc2ccccc21. The molecule has 1 aliphatic rings. The highest BCUT2D eigenvalue weighted by molar-refractivity contribution is 5.79. The molecular formula is C15H16N4O. The molecule has 3 aromatic rings. The van der Waals surface area contributed by atoms with Crippen LogP contribution >= 0.6 is 0 Å². The number of hydrogen-bond donors (Lipinski definition) is 1. The Morgan fingerprint density at radius 1 is 1.35 bits per heavy atom. The molecule has 0 unspecified atom stereocenters. The molecule has 1 saturated carbocycles. The van der Waals surface area contributed by atoms with Crippen molar-refractivity contribution in [2.45, 2.75) is 25.4 Å². The van der Waals surface area contributed by atoms with Crippen molar-refractivity contribution in [1.82, 2.24) is 20.0 Å². The third-order valence-corrected chi connectivity index (χ3v) is 3.72. The summed E-state index contributed by atoms with van der Waals surface area (Å²) < 4.78 is 7.48. The second-order valence-corrected chi connectivity index (χ2v) is 5.32. The Bertz CT molecular complexity index is 754. The Morgan fingerprint density at radius 2 is 2.20 bits per heavy atom. The van der Waals surface area contributed by atoms with Gasteiger partial charge in [-0.25, -0.2) is 4.98 Å². The molecule has 1 fully saturated rings. The summed E-state index contributed by atoms with van der Waals surface area (Å²) in [6.07, 6.45) is 2.55. The number of fused-ring (bicyclic) bond motifs is 1. The van der Waals surface area contributed by atoms with E-state index < -0.39 is 0 Å². The summed E-state index contributed by atoms with van der Waals surface area (Å²) in [5.41, 5.74) is 2.99. The first-order valence-corrected chi connectivity index (χ1v) is 6.92. The number of rotatable bonds is 4. The summed E-state index contributed by atoms with van der Waals surface area (Å²) in [5, 5.41) is 7.54. The van der Waals surface area contributed by atoms with E-state index in [4.69, 9.17) is 4.52 Å². The van der Waals surface area contributed by atoms with Gasteiger partial charge in [0.1, 0.15) is 0 Å². The van der Waals surface area contributed by atoms with E-state index in [-0.39, 0.29) is 0 Å². The number of imidazole rings is 1. The lowest BCUT2D eigenvalue weighted by molar-refractivity contribution is 0.416. The normalized spacial score (nSPS) is 15.1. The molecule has 0 saturated heterocycles. The fraction of sp³-hybridized carbons (Fsp3) is 0.333. The van der Waals surface area contributed by atoms with Crippen LogP contribution in [0.3, 0.4) is 0 Å². The standard InChI is InChI=1S/C15H16N4O/c1-19-13-5-3-2-4-12(13)17-15(19)14-8-11(18-20-14)9-16-10-6-7-10/h2-5,8,10,16H,6-7,9H2,1H3. The van der Waals surface area contributed by atoms with Gasteiger partial charge in [0.2, 0.25) is 5.76 Å². The van der Waals surface area contributed by atoms with Crippen LogP contribution in [0.4, 0.5) is 0 Å². The minimum Gasteiger partial charge on any atom is -0.353 e. The van der Waals surface area contributed by atoms with Crippen molar-refractivity contribution in [3.63, 3.8) is 0 Å². The van der Waals surface area contributed by atoms with E-state index in [0.29, 0.717) is 6.04 Å². The van der Waals surface area contributed by atoms with Crippen molar-refractivity contribution in [2.75, 3.05) is 0 Å². The molecule has 0 atom stereocenters.